The molecule has 0 atom stereocenters. The van der Waals surface area contributed by atoms with Crippen LogP contribution >= 0.6 is 11.3 Å². The van der Waals surface area contributed by atoms with Crippen LogP contribution in [-0.2, 0) is 17.6 Å². The number of piperidine rings is 1. The molecule has 0 amide bonds. The quantitative estimate of drug-likeness (QED) is 0.216. The van der Waals surface area contributed by atoms with E-state index in [0.29, 0.717) is 47.9 Å². The lowest BCUT2D eigenvalue weighted by Gasteiger charge is -2.29. The van der Waals surface area contributed by atoms with Gasteiger partial charge in [-0.1, -0.05) is 24.3 Å². The molecule has 42 heavy (non-hydrogen) atoms. The number of hydrogen-bond donors (Lipinski definition) is 1. The first-order chi connectivity index (χ1) is 19.9. The summed E-state index contributed by atoms with van der Waals surface area (Å²) in [5, 5.41) is 11.6. The number of aliphatic carboxylic acids is 1. The molecule has 0 saturated carbocycles. The summed E-state index contributed by atoms with van der Waals surface area (Å²) in [6, 6.07) is 10.9. The number of nitrogens with zero attached hydrogens (tertiary/aromatic N) is 2. The van der Waals surface area contributed by atoms with Gasteiger partial charge < -0.3 is 14.7 Å². The van der Waals surface area contributed by atoms with E-state index in [1.165, 1.54) is 17.4 Å². The van der Waals surface area contributed by atoms with Gasteiger partial charge in [0, 0.05) is 30.1 Å². The van der Waals surface area contributed by atoms with Crippen molar-refractivity contribution in [3.63, 3.8) is 0 Å². The number of ether oxygens (including phenoxy) is 1. The fraction of sp³-hybridized carbons (Fsp3) is 0.290. The first-order valence-electron chi connectivity index (χ1n) is 13.2. The van der Waals surface area contributed by atoms with Gasteiger partial charge in [-0.2, -0.15) is 13.2 Å². The summed E-state index contributed by atoms with van der Waals surface area (Å²) in [5.74, 6) is -3.02. The number of carbonyl (C=O) groups is 1. The van der Waals surface area contributed by atoms with Gasteiger partial charge in [0.25, 0.3) is 0 Å². The molecule has 2 heterocycles. The van der Waals surface area contributed by atoms with Crippen LogP contribution in [0.2, 0.25) is 0 Å². The molecule has 5 rings (SSSR count). The van der Waals surface area contributed by atoms with Crippen LogP contribution < -0.4 is 9.64 Å². The van der Waals surface area contributed by atoms with Crippen LogP contribution in [-0.4, -0.2) is 29.1 Å². The van der Waals surface area contributed by atoms with E-state index in [2.05, 4.69) is 4.98 Å². The minimum atomic E-state index is -4.42. The average Bonchev–Trinajstić information content (AvgIpc) is 3.43. The monoisotopic (exact) mass is 602 g/mol. The Labute approximate surface area is 243 Å². The molecule has 0 radical (unpaired) electrons. The van der Waals surface area contributed by atoms with Crippen molar-refractivity contribution >= 4 is 22.4 Å². The smallest absolute Gasteiger partial charge is 0.416 e. The van der Waals surface area contributed by atoms with Gasteiger partial charge in [0.05, 0.1) is 17.2 Å². The largest absolute Gasteiger partial charge is 0.485 e. The summed E-state index contributed by atoms with van der Waals surface area (Å²) in [6.45, 7) is 4.45. The van der Waals surface area contributed by atoms with E-state index in [0.717, 1.165) is 41.0 Å². The third kappa shape index (κ3) is 6.25. The lowest BCUT2D eigenvalue weighted by atomic mass is 9.95. The molecule has 1 aliphatic rings. The molecule has 220 valence electrons. The molecule has 11 heteroatoms. The van der Waals surface area contributed by atoms with Gasteiger partial charge in [-0.25, -0.2) is 13.8 Å². The van der Waals surface area contributed by atoms with Gasteiger partial charge in [-0.3, -0.25) is 4.79 Å². The zero-order valence-electron chi connectivity index (χ0n) is 22.8. The molecule has 1 aliphatic heterocycles. The summed E-state index contributed by atoms with van der Waals surface area (Å²) < 4.78 is 74.4. The molecule has 0 aliphatic carbocycles. The Balaban J connectivity index is 1.35. The highest BCUT2D eigenvalue weighted by molar-refractivity contribution is 7.14. The van der Waals surface area contributed by atoms with Crippen LogP contribution in [0, 0.1) is 31.4 Å². The molecule has 4 aromatic rings. The van der Waals surface area contributed by atoms with E-state index in [1.807, 2.05) is 17.9 Å². The lowest BCUT2D eigenvalue weighted by molar-refractivity contribution is -0.142. The van der Waals surface area contributed by atoms with Crippen LogP contribution in [0.3, 0.4) is 0 Å². The van der Waals surface area contributed by atoms with Gasteiger partial charge in [0.1, 0.15) is 12.4 Å². The highest BCUT2D eigenvalue weighted by atomic mass is 32.1. The van der Waals surface area contributed by atoms with E-state index < -0.39 is 35.3 Å². The number of carboxylic acid groups (broad SMARTS) is 1. The number of thiazole rings is 1. The standard InChI is InChI=1S/C31H27F5N2O3S/c1-17-11-20(24-6-5-22(12-18(24)2)31(34,35)36)3-4-21(17)15-41-28-25(13-23(32)14-26(28)33)27-16-42-30(37-27)38-9-7-19(8-10-38)29(39)40/h3-6,11-14,16,19H,7-10,15H2,1-2H3,(H,39,40). The molecule has 1 aromatic heterocycles. The minimum absolute atomic E-state index is 0.0344. The SMILES string of the molecule is Cc1cc(-c2ccc(C(F)(F)F)cc2C)ccc1COc1c(F)cc(F)cc1-c1csc(N2CCC(C(=O)O)CC2)n1. The Hall–Kier alpha value is -3.99. The number of hydrogen-bond acceptors (Lipinski definition) is 5. The van der Waals surface area contributed by atoms with E-state index >= 15 is 0 Å². The molecule has 1 fully saturated rings. The number of carboxylic acids is 1. The Bertz CT molecular complexity index is 1630. The maximum absolute atomic E-state index is 15.0. The second kappa shape index (κ2) is 11.7. The molecule has 1 N–H and O–H groups in total. The fourth-order valence-electron chi connectivity index (χ4n) is 5.09. The Kier molecular flexibility index (Phi) is 8.23. The van der Waals surface area contributed by atoms with Crippen LogP contribution in [0.1, 0.15) is 35.1 Å². The molecule has 3 aromatic carbocycles. The zero-order chi connectivity index (χ0) is 30.2. The van der Waals surface area contributed by atoms with Crippen molar-refractivity contribution in [2.45, 2.75) is 39.5 Å². The first-order valence-corrected chi connectivity index (χ1v) is 14.1. The molecule has 0 bridgehead atoms. The van der Waals surface area contributed by atoms with Crippen molar-refractivity contribution in [3.05, 3.63) is 87.8 Å². The van der Waals surface area contributed by atoms with E-state index in [-0.39, 0.29) is 17.9 Å². The zero-order valence-corrected chi connectivity index (χ0v) is 23.6. The highest BCUT2D eigenvalue weighted by Gasteiger charge is 2.31. The van der Waals surface area contributed by atoms with Crippen LogP contribution in [0.4, 0.5) is 27.1 Å². The number of aromatic nitrogens is 1. The molecule has 1 saturated heterocycles. The van der Waals surface area contributed by atoms with Gasteiger partial charge in [0.2, 0.25) is 0 Å². The summed E-state index contributed by atoms with van der Waals surface area (Å²) in [7, 11) is 0. The lowest BCUT2D eigenvalue weighted by Crippen LogP contribution is -2.36. The van der Waals surface area contributed by atoms with Crippen LogP contribution in [0.25, 0.3) is 22.4 Å². The maximum atomic E-state index is 15.0. The second-order valence-electron chi connectivity index (χ2n) is 10.3. The van der Waals surface area contributed by atoms with Gasteiger partial charge in [-0.05, 0) is 72.7 Å². The topological polar surface area (TPSA) is 62.7 Å². The van der Waals surface area contributed by atoms with Crippen LogP contribution in [0.15, 0.2) is 53.9 Å². The third-order valence-electron chi connectivity index (χ3n) is 7.47. The fourth-order valence-corrected chi connectivity index (χ4v) is 5.97. The van der Waals surface area contributed by atoms with Gasteiger partial charge in [0.15, 0.2) is 16.7 Å². The Morgan fingerprint density at radius 2 is 1.76 bits per heavy atom. The van der Waals surface area contributed by atoms with Gasteiger partial charge >= 0.3 is 12.1 Å². The Morgan fingerprint density at radius 3 is 2.40 bits per heavy atom. The van der Waals surface area contributed by atoms with E-state index in [4.69, 9.17) is 4.74 Å². The number of rotatable bonds is 7. The summed E-state index contributed by atoms with van der Waals surface area (Å²) in [4.78, 5) is 17.8. The second-order valence-corrected chi connectivity index (χ2v) is 11.2. The minimum Gasteiger partial charge on any atom is -0.485 e. The number of aryl methyl sites for hydroxylation is 2. The molecule has 0 spiro atoms. The number of alkyl halides is 3. The number of benzene rings is 3. The van der Waals surface area contributed by atoms with E-state index in [1.54, 1.807) is 24.4 Å². The first kappa shape index (κ1) is 29.5. The van der Waals surface area contributed by atoms with Crippen molar-refractivity contribution < 1.29 is 36.6 Å². The summed E-state index contributed by atoms with van der Waals surface area (Å²) in [5.41, 5.74) is 3.18. The highest BCUT2D eigenvalue weighted by Crippen LogP contribution is 2.38. The predicted molar refractivity (Wildman–Crippen MR) is 151 cm³/mol. The van der Waals surface area contributed by atoms with E-state index in [9.17, 15) is 31.9 Å². The summed E-state index contributed by atoms with van der Waals surface area (Å²) >= 11 is 1.31. The number of anilines is 1. The third-order valence-corrected chi connectivity index (χ3v) is 8.37. The van der Waals surface area contributed by atoms with Crippen LogP contribution in [0.5, 0.6) is 5.75 Å². The molecular formula is C31H27F5N2O3S. The van der Waals surface area contributed by atoms with Crippen molar-refractivity contribution in [1.29, 1.82) is 0 Å². The average molecular weight is 603 g/mol. The molecule has 0 unspecified atom stereocenters. The predicted octanol–water partition coefficient (Wildman–Crippen LogP) is 8.27. The normalized spacial score (nSPS) is 14.3. The van der Waals surface area contributed by atoms with Crippen molar-refractivity contribution in [2.75, 3.05) is 18.0 Å². The number of halogens is 5. The van der Waals surface area contributed by atoms with Crippen molar-refractivity contribution in [2.24, 2.45) is 5.92 Å². The van der Waals surface area contributed by atoms with Crippen molar-refractivity contribution in [1.82, 2.24) is 4.98 Å². The summed E-state index contributed by atoms with van der Waals surface area (Å²) in [6.07, 6.45) is -3.44. The van der Waals surface area contributed by atoms with Gasteiger partial charge in [-0.15, -0.1) is 11.3 Å². The maximum Gasteiger partial charge on any atom is 0.416 e. The Morgan fingerprint density at radius 1 is 1.02 bits per heavy atom. The van der Waals surface area contributed by atoms with Crippen molar-refractivity contribution in [3.8, 4) is 28.1 Å². The molecular weight excluding hydrogens is 575 g/mol. The molecule has 5 nitrogen and oxygen atoms in total.